The maximum absolute atomic E-state index is 13.2. The van der Waals surface area contributed by atoms with Crippen molar-refractivity contribution in [2.45, 2.75) is 6.92 Å². The fourth-order valence-corrected chi connectivity index (χ4v) is 3.79. The van der Waals surface area contributed by atoms with Crippen LogP contribution >= 0.6 is 11.3 Å². The molecule has 2 aromatic carbocycles. The maximum atomic E-state index is 13.2. The van der Waals surface area contributed by atoms with E-state index in [1.165, 1.54) is 4.57 Å². The number of nitrogens with zero attached hydrogens (tertiary/aromatic N) is 2. The molecule has 0 fully saturated rings. The second kappa shape index (κ2) is 9.04. The van der Waals surface area contributed by atoms with Crippen molar-refractivity contribution in [2.75, 3.05) is 13.7 Å². The van der Waals surface area contributed by atoms with Gasteiger partial charge in [0.25, 0.3) is 5.56 Å². The minimum Gasteiger partial charge on any atom is -0.497 e. The van der Waals surface area contributed by atoms with Crippen LogP contribution in [0.25, 0.3) is 17.3 Å². The zero-order chi connectivity index (χ0) is 20.8. The van der Waals surface area contributed by atoms with Gasteiger partial charge in [-0.25, -0.2) is 4.79 Å². The molecule has 3 aromatic rings. The van der Waals surface area contributed by atoms with E-state index in [4.69, 9.17) is 9.47 Å². The van der Waals surface area contributed by atoms with Crippen molar-refractivity contribution < 1.29 is 14.3 Å². The van der Waals surface area contributed by atoms with Crippen LogP contribution in [0.4, 0.5) is 0 Å². The Labute approximate surface area is 171 Å². The van der Waals surface area contributed by atoms with Gasteiger partial charge in [0.05, 0.1) is 23.9 Å². The number of para-hydroxylation sites is 1. The van der Waals surface area contributed by atoms with Crippen LogP contribution in [0.5, 0.6) is 5.75 Å². The van der Waals surface area contributed by atoms with E-state index >= 15 is 0 Å². The summed E-state index contributed by atoms with van der Waals surface area (Å²) in [4.78, 5) is 25.5. The summed E-state index contributed by atoms with van der Waals surface area (Å²) in [6, 6.07) is 18.0. The molecular weight excluding hydrogens is 388 g/mol. The van der Waals surface area contributed by atoms with E-state index in [2.05, 4.69) is 0 Å². The molecule has 0 N–H and O–H groups in total. The molecule has 7 heteroatoms. The quantitative estimate of drug-likeness (QED) is 0.605. The summed E-state index contributed by atoms with van der Waals surface area (Å²) in [7, 11) is 1.58. The summed E-state index contributed by atoms with van der Waals surface area (Å²) < 4.78 is 12.2. The van der Waals surface area contributed by atoms with E-state index < -0.39 is 5.97 Å². The van der Waals surface area contributed by atoms with Crippen LogP contribution in [-0.4, -0.2) is 24.3 Å². The number of nitriles is 1. The first-order valence-electron chi connectivity index (χ1n) is 8.83. The summed E-state index contributed by atoms with van der Waals surface area (Å²) in [5.41, 5.74) is 0.844. The molecular formula is C22H18N2O4S. The summed E-state index contributed by atoms with van der Waals surface area (Å²) in [6.07, 6.45) is 1.72. The fourth-order valence-electron chi connectivity index (χ4n) is 2.70. The summed E-state index contributed by atoms with van der Waals surface area (Å²) in [5.74, 6) is -0.0462. The van der Waals surface area contributed by atoms with Crippen molar-refractivity contribution in [3.63, 3.8) is 0 Å². The smallest absolute Gasteiger partial charge is 0.351 e. The third-order valence-corrected chi connectivity index (χ3v) is 5.15. The lowest BCUT2D eigenvalue weighted by Gasteiger charge is -2.03. The van der Waals surface area contributed by atoms with Gasteiger partial charge in [0.1, 0.15) is 16.5 Å². The molecule has 0 atom stereocenters. The Bertz CT molecular complexity index is 1230. The molecule has 1 heterocycles. The molecule has 0 aliphatic rings. The number of hydrogen-bond acceptors (Lipinski definition) is 6. The van der Waals surface area contributed by atoms with Gasteiger partial charge in [0.15, 0.2) is 5.57 Å². The molecule has 0 aliphatic carbocycles. The van der Waals surface area contributed by atoms with Crippen LogP contribution in [0.1, 0.15) is 12.5 Å². The number of ether oxygens (including phenoxy) is 2. The lowest BCUT2D eigenvalue weighted by atomic mass is 10.2. The van der Waals surface area contributed by atoms with Gasteiger partial charge in [-0.15, -0.1) is 11.3 Å². The molecule has 146 valence electrons. The number of aromatic nitrogens is 1. The molecule has 0 bridgehead atoms. The van der Waals surface area contributed by atoms with Crippen molar-refractivity contribution in [1.29, 1.82) is 5.26 Å². The number of hydrogen-bond donors (Lipinski definition) is 0. The maximum Gasteiger partial charge on any atom is 0.351 e. The van der Waals surface area contributed by atoms with E-state index in [1.807, 2.05) is 24.3 Å². The number of benzene rings is 2. The van der Waals surface area contributed by atoms with E-state index in [0.717, 1.165) is 16.9 Å². The van der Waals surface area contributed by atoms with Gasteiger partial charge in [0, 0.05) is 0 Å². The highest BCUT2D eigenvalue weighted by Gasteiger charge is 2.17. The Morgan fingerprint density at radius 1 is 1.17 bits per heavy atom. The van der Waals surface area contributed by atoms with Gasteiger partial charge >= 0.3 is 5.97 Å². The molecule has 1 aromatic heterocycles. The highest BCUT2D eigenvalue weighted by Crippen LogP contribution is 2.11. The highest BCUT2D eigenvalue weighted by molar-refractivity contribution is 7.07. The monoisotopic (exact) mass is 406 g/mol. The second-order valence-corrected chi connectivity index (χ2v) is 6.90. The van der Waals surface area contributed by atoms with Crippen molar-refractivity contribution in [1.82, 2.24) is 4.57 Å². The van der Waals surface area contributed by atoms with Gasteiger partial charge in [-0.05, 0) is 42.8 Å². The minimum absolute atomic E-state index is 0.135. The van der Waals surface area contributed by atoms with E-state index in [9.17, 15) is 14.9 Å². The van der Waals surface area contributed by atoms with Crippen LogP contribution in [0.15, 0.2) is 59.4 Å². The molecule has 0 saturated carbocycles. The van der Waals surface area contributed by atoms with Crippen LogP contribution in [0.3, 0.4) is 0 Å². The fraction of sp³-hybridized carbons (Fsp3) is 0.136. The van der Waals surface area contributed by atoms with E-state index in [1.54, 1.807) is 56.5 Å². The molecule has 0 unspecified atom stereocenters. The van der Waals surface area contributed by atoms with Crippen molar-refractivity contribution >= 4 is 29.0 Å². The number of carbonyl (C=O) groups excluding carboxylic acids is 1. The standard InChI is InChI=1S/C22H18N2O4S/c1-3-28-22(26)18(14-23)21-24(16-7-5-4-6-8-16)20(25)19(29-21)13-15-9-11-17(27-2)12-10-15/h4-13H,3H2,1-2H3/b19-13-,21-18-. The number of esters is 1. The summed E-state index contributed by atoms with van der Waals surface area (Å²) in [6.45, 7) is 1.80. The van der Waals surface area contributed by atoms with Gasteiger partial charge in [0.2, 0.25) is 0 Å². The third-order valence-electron chi connectivity index (χ3n) is 4.06. The Morgan fingerprint density at radius 3 is 2.45 bits per heavy atom. The van der Waals surface area contributed by atoms with Crippen LogP contribution < -0.4 is 19.5 Å². The summed E-state index contributed by atoms with van der Waals surface area (Å²) in [5, 5.41) is 9.57. The molecule has 0 radical (unpaired) electrons. The van der Waals surface area contributed by atoms with Crippen LogP contribution in [0, 0.1) is 11.3 Å². The topological polar surface area (TPSA) is 81.3 Å². The first-order valence-corrected chi connectivity index (χ1v) is 9.65. The normalized spacial score (nSPS) is 12.2. The highest BCUT2D eigenvalue weighted by atomic mass is 32.1. The third kappa shape index (κ3) is 4.28. The van der Waals surface area contributed by atoms with Gasteiger partial charge in [-0.3, -0.25) is 9.36 Å². The van der Waals surface area contributed by atoms with Crippen molar-refractivity contribution in [3.8, 4) is 17.5 Å². The Kier molecular flexibility index (Phi) is 6.27. The zero-order valence-electron chi connectivity index (χ0n) is 15.9. The SMILES string of the molecule is CCOC(=O)/C(C#N)=c1\s/c(=C\c2ccc(OC)cc2)c(=O)n1-c1ccccc1. The number of rotatable bonds is 5. The second-order valence-electron chi connectivity index (χ2n) is 5.87. The molecule has 0 amide bonds. The zero-order valence-corrected chi connectivity index (χ0v) is 16.7. The molecule has 0 saturated heterocycles. The predicted molar refractivity (Wildman–Crippen MR) is 111 cm³/mol. The molecule has 0 spiro atoms. The average molecular weight is 406 g/mol. The number of carbonyl (C=O) groups is 1. The lowest BCUT2D eigenvalue weighted by Crippen LogP contribution is -2.31. The van der Waals surface area contributed by atoms with Gasteiger partial charge < -0.3 is 9.47 Å². The van der Waals surface area contributed by atoms with Crippen LogP contribution in [-0.2, 0) is 9.53 Å². The Hall–Kier alpha value is -3.63. The summed E-state index contributed by atoms with van der Waals surface area (Å²) >= 11 is 1.08. The van der Waals surface area contributed by atoms with Gasteiger partial charge in [-0.1, -0.05) is 30.3 Å². The molecule has 0 aliphatic heterocycles. The van der Waals surface area contributed by atoms with Crippen molar-refractivity contribution in [3.05, 3.63) is 79.7 Å². The molecule has 29 heavy (non-hydrogen) atoms. The van der Waals surface area contributed by atoms with E-state index in [0.29, 0.717) is 16.0 Å². The molecule has 3 rings (SSSR count). The average Bonchev–Trinajstić information content (AvgIpc) is 3.05. The van der Waals surface area contributed by atoms with E-state index in [-0.39, 0.29) is 22.4 Å². The van der Waals surface area contributed by atoms with Gasteiger partial charge in [-0.2, -0.15) is 5.26 Å². The number of methoxy groups -OCH3 is 1. The lowest BCUT2D eigenvalue weighted by molar-refractivity contribution is -0.136. The largest absolute Gasteiger partial charge is 0.497 e. The minimum atomic E-state index is -0.753. The Balaban J connectivity index is 2.32. The first kappa shape index (κ1) is 20.1. The van der Waals surface area contributed by atoms with Crippen LogP contribution in [0.2, 0.25) is 0 Å². The Morgan fingerprint density at radius 2 is 1.86 bits per heavy atom. The predicted octanol–water partition coefficient (Wildman–Crippen LogP) is 1.97. The number of thiazole rings is 1. The molecule has 6 nitrogen and oxygen atoms in total. The first-order chi connectivity index (χ1) is 14.1. The van der Waals surface area contributed by atoms with Crippen molar-refractivity contribution in [2.24, 2.45) is 0 Å².